The van der Waals surface area contributed by atoms with E-state index < -0.39 is 0 Å². The van der Waals surface area contributed by atoms with Gasteiger partial charge in [-0.3, -0.25) is 4.79 Å². The summed E-state index contributed by atoms with van der Waals surface area (Å²) >= 11 is 0. The average Bonchev–Trinajstić information content (AvgIpc) is 2.75. The van der Waals surface area contributed by atoms with Crippen molar-refractivity contribution < 1.29 is 15.0 Å². The number of carbonyl (C=O) groups excluding carboxylic acids is 1. The Morgan fingerprint density at radius 2 is 2.06 bits per heavy atom. The second-order valence-corrected chi connectivity index (χ2v) is 4.59. The van der Waals surface area contributed by atoms with Gasteiger partial charge in [0.25, 0.3) is 5.91 Å². The van der Waals surface area contributed by atoms with Crippen LogP contribution in [0.2, 0.25) is 0 Å². The molecule has 0 aromatic heterocycles. The number of likely N-dealkylation sites (tertiary alicyclic amines) is 1. The van der Waals surface area contributed by atoms with Crippen molar-refractivity contribution in [1.29, 1.82) is 0 Å². The molecule has 0 bridgehead atoms. The van der Waals surface area contributed by atoms with Crippen molar-refractivity contribution in [3.05, 3.63) is 23.8 Å². The number of hydrogen-bond donors (Lipinski definition) is 3. The molecule has 0 radical (unpaired) electrons. The lowest BCUT2D eigenvalue weighted by Gasteiger charge is -2.24. The lowest BCUT2D eigenvalue weighted by atomic mass is 10.1. The van der Waals surface area contributed by atoms with Gasteiger partial charge in [-0.2, -0.15) is 0 Å². The molecule has 3 N–H and O–H groups in total. The molecule has 98 valence electrons. The standard InChI is InChI=1S/C13H18N2O3/c1-14-8-10-3-2-4-15(10)13(18)9-5-11(16)7-12(17)6-9/h5-7,10,14,16-17H,2-4,8H2,1H3. The van der Waals surface area contributed by atoms with E-state index in [1.807, 2.05) is 7.05 Å². The first-order valence-electron chi connectivity index (χ1n) is 6.10. The van der Waals surface area contributed by atoms with E-state index in [2.05, 4.69) is 5.32 Å². The van der Waals surface area contributed by atoms with Crippen LogP contribution < -0.4 is 5.32 Å². The van der Waals surface area contributed by atoms with Gasteiger partial charge in [-0.25, -0.2) is 0 Å². The van der Waals surface area contributed by atoms with Gasteiger partial charge in [0.05, 0.1) is 0 Å². The Balaban J connectivity index is 2.19. The van der Waals surface area contributed by atoms with Gasteiger partial charge in [0.15, 0.2) is 0 Å². The van der Waals surface area contributed by atoms with Crippen LogP contribution in [0.15, 0.2) is 18.2 Å². The topological polar surface area (TPSA) is 72.8 Å². The van der Waals surface area contributed by atoms with Gasteiger partial charge in [-0.1, -0.05) is 0 Å². The van der Waals surface area contributed by atoms with Crippen LogP contribution in [0.5, 0.6) is 11.5 Å². The summed E-state index contributed by atoms with van der Waals surface area (Å²) in [7, 11) is 1.86. The molecular formula is C13H18N2O3. The number of carbonyl (C=O) groups is 1. The minimum atomic E-state index is -0.140. The van der Waals surface area contributed by atoms with Crippen molar-refractivity contribution in [1.82, 2.24) is 10.2 Å². The quantitative estimate of drug-likeness (QED) is 0.746. The molecule has 1 aliphatic rings. The number of rotatable bonds is 3. The molecule has 0 saturated carbocycles. The van der Waals surface area contributed by atoms with Crippen molar-refractivity contribution in [3.63, 3.8) is 0 Å². The molecule has 5 heteroatoms. The minimum absolute atomic E-state index is 0.0947. The number of benzene rings is 1. The second kappa shape index (κ2) is 5.27. The summed E-state index contributed by atoms with van der Waals surface area (Å²) < 4.78 is 0. The minimum Gasteiger partial charge on any atom is -0.508 e. The van der Waals surface area contributed by atoms with E-state index in [0.29, 0.717) is 5.56 Å². The highest BCUT2D eigenvalue weighted by Gasteiger charge is 2.29. The highest BCUT2D eigenvalue weighted by atomic mass is 16.3. The number of hydrogen-bond acceptors (Lipinski definition) is 4. The summed E-state index contributed by atoms with van der Waals surface area (Å²) in [5.41, 5.74) is 0.329. The average molecular weight is 250 g/mol. The van der Waals surface area contributed by atoms with E-state index >= 15 is 0 Å². The van der Waals surface area contributed by atoms with Crippen molar-refractivity contribution in [3.8, 4) is 11.5 Å². The first-order valence-corrected chi connectivity index (χ1v) is 6.10. The van der Waals surface area contributed by atoms with Crippen LogP contribution in [-0.2, 0) is 0 Å². The Kier molecular flexibility index (Phi) is 3.72. The number of nitrogens with zero attached hydrogens (tertiary/aromatic N) is 1. The van der Waals surface area contributed by atoms with Crippen molar-refractivity contribution in [2.75, 3.05) is 20.1 Å². The monoisotopic (exact) mass is 250 g/mol. The van der Waals surface area contributed by atoms with Crippen LogP contribution >= 0.6 is 0 Å². The molecular weight excluding hydrogens is 232 g/mol. The van der Waals surface area contributed by atoms with Crippen molar-refractivity contribution in [2.45, 2.75) is 18.9 Å². The summed E-state index contributed by atoms with van der Waals surface area (Å²) in [6, 6.07) is 4.17. The van der Waals surface area contributed by atoms with E-state index in [-0.39, 0.29) is 23.4 Å². The van der Waals surface area contributed by atoms with Gasteiger partial charge in [-0.15, -0.1) is 0 Å². The van der Waals surface area contributed by atoms with Crippen LogP contribution in [0.25, 0.3) is 0 Å². The third kappa shape index (κ3) is 2.56. The highest BCUT2D eigenvalue weighted by molar-refractivity contribution is 5.95. The molecule has 1 saturated heterocycles. The van der Waals surface area contributed by atoms with Gasteiger partial charge in [0.2, 0.25) is 0 Å². The first-order chi connectivity index (χ1) is 8.61. The molecule has 1 heterocycles. The molecule has 1 aromatic rings. The molecule has 1 amide bonds. The van der Waals surface area contributed by atoms with E-state index in [4.69, 9.17) is 0 Å². The maximum absolute atomic E-state index is 12.3. The fourth-order valence-corrected chi connectivity index (χ4v) is 2.44. The summed E-state index contributed by atoms with van der Waals surface area (Å²) in [5, 5.41) is 21.9. The predicted octanol–water partition coefficient (Wildman–Crippen LogP) is 0.922. The molecule has 1 fully saturated rings. The zero-order valence-corrected chi connectivity index (χ0v) is 10.4. The van der Waals surface area contributed by atoms with E-state index in [9.17, 15) is 15.0 Å². The Hall–Kier alpha value is -1.75. The molecule has 1 aliphatic heterocycles. The molecule has 5 nitrogen and oxygen atoms in total. The van der Waals surface area contributed by atoms with E-state index in [1.54, 1.807) is 4.90 Å². The lowest BCUT2D eigenvalue weighted by Crippen LogP contribution is -2.40. The van der Waals surface area contributed by atoms with Gasteiger partial charge in [0, 0.05) is 30.8 Å². The van der Waals surface area contributed by atoms with Crippen LogP contribution in [0.1, 0.15) is 23.2 Å². The third-order valence-electron chi connectivity index (χ3n) is 3.23. The number of aromatic hydroxyl groups is 2. The molecule has 0 aliphatic carbocycles. The predicted molar refractivity (Wildman–Crippen MR) is 67.8 cm³/mol. The van der Waals surface area contributed by atoms with Gasteiger partial charge < -0.3 is 20.4 Å². The second-order valence-electron chi connectivity index (χ2n) is 4.59. The Morgan fingerprint density at radius 3 is 2.67 bits per heavy atom. The molecule has 1 unspecified atom stereocenters. The van der Waals surface area contributed by atoms with Gasteiger partial charge >= 0.3 is 0 Å². The van der Waals surface area contributed by atoms with Crippen LogP contribution in [0.3, 0.4) is 0 Å². The van der Waals surface area contributed by atoms with Crippen LogP contribution in [-0.4, -0.2) is 47.2 Å². The Bertz CT molecular complexity index is 428. The van der Waals surface area contributed by atoms with Crippen LogP contribution in [0, 0.1) is 0 Å². The highest BCUT2D eigenvalue weighted by Crippen LogP contribution is 2.24. The fraction of sp³-hybridized carbons (Fsp3) is 0.462. The lowest BCUT2D eigenvalue weighted by molar-refractivity contribution is 0.0736. The zero-order valence-electron chi connectivity index (χ0n) is 10.4. The summed E-state index contributed by atoms with van der Waals surface area (Å²) in [5.74, 6) is -0.329. The van der Waals surface area contributed by atoms with Crippen LogP contribution in [0.4, 0.5) is 0 Å². The van der Waals surface area contributed by atoms with Gasteiger partial charge in [0.1, 0.15) is 11.5 Å². The normalized spacial score (nSPS) is 19.2. The number of likely N-dealkylation sites (N-methyl/N-ethyl adjacent to an activating group) is 1. The first kappa shape index (κ1) is 12.7. The van der Waals surface area contributed by atoms with Crippen molar-refractivity contribution in [2.24, 2.45) is 0 Å². The molecule has 1 atom stereocenters. The SMILES string of the molecule is CNCC1CCCN1C(=O)c1cc(O)cc(O)c1. The Labute approximate surface area is 106 Å². The van der Waals surface area contributed by atoms with Crippen molar-refractivity contribution >= 4 is 5.91 Å². The smallest absolute Gasteiger partial charge is 0.254 e. The number of phenols is 2. The largest absolute Gasteiger partial charge is 0.508 e. The molecule has 18 heavy (non-hydrogen) atoms. The molecule has 2 rings (SSSR count). The zero-order chi connectivity index (χ0) is 13.1. The summed E-state index contributed by atoms with van der Waals surface area (Å²) in [6.07, 6.45) is 1.97. The number of amides is 1. The third-order valence-corrected chi connectivity index (χ3v) is 3.23. The van der Waals surface area contributed by atoms with Gasteiger partial charge in [-0.05, 0) is 32.0 Å². The maximum atomic E-state index is 12.3. The van der Waals surface area contributed by atoms with E-state index in [0.717, 1.165) is 25.9 Å². The maximum Gasteiger partial charge on any atom is 0.254 e. The number of nitrogens with one attached hydrogen (secondary N) is 1. The molecule has 0 spiro atoms. The Morgan fingerprint density at radius 1 is 1.39 bits per heavy atom. The number of phenolic OH excluding ortho intramolecular Hbond substituents is 2. The fourth-order valence-electron chi connectivity index (χ4n) is 2.44. The molecule has 1 aromatic carbocycles. The summed E-state index contributed by atoms with van der Waals surface area (Å²) in [4.78, 5) is 14.1. The van der Waals surface area contributed by atoms with E-state index in [1.165, 1.54) is 18.2 Å². The summed E-state index contributed by atoms with van der Waals surface area (Å²) in [6.45, 7) is 1.48.